The number of benzene rings is 2. The molecular formula is C24H29N3O3S. The van der Waals surface area contributed by atoms with E-state index >= 15 is 0 Å². The van der Waals surface area contributed by atoms with Crippen molar-refractivity contribution < 1.29 is 14.6 Å². The molecule has 1 saturated heterocycles. The van der Waals surface area contributed by atoms with Crippen LogP contribution >= 0.6 is 12.2 Å². The third-order valence-corrected chi connectivity index (χ3v) is 6.53. The van der Waals surface area contributed by atoms with Crippen LogP contribution in [0.25, 0.3) is 0 Å². The van der Waals surface area contributed by atoms with Crippen LogP contribution in [0.1, 0.15) is 55.0 Å². The predicted octanol–water partition coefficient (Wildman–Crippen LogP) is 4.28. The first-order valence-electron chi connectivity index (χ1n) is 10.8. The van der Waals surface area contributed by atoms with E-state index in [1.54, 1.807) is 7.11 Å². The summed E-state index contributed by atoms with van der Waals surface area (Å²) in [7, 11) is 1.68. The lowest BCUT2D eigenvalue weighted by Gasteiger charge is -2.43. The van der Waals surface area contributed by atoms with Gasteiger partial charge in [0.15, 0.2) is 0 Å². The third-order valence-electron chi connectivity index (χ3n) is 6.30. The van der Waals surface area contributed by atoms with Gasteiger partial charge in [0.2, 0.25) is 5.91 Å². The highest BCUT2D eigenvalue weighted by atomic mass is 32.1. The fourth-order valence-electron chi connectivity index (χ4n) is 4.80. The molecule has 0 saturated carbocycles. The van der Waals surface area contributed by atoms with Crippen LogP contribution in [-0.2, 0) is 11.2 Å². The molecule has 0 spiro atoms. The number of nitrogens with zero attached hydrogens (tertiary/aromatic N) is 1. The molecule has 0 aliphatic carbocycles. The van der Waals surface area contributed by atoms with Crippen LogP contribution in [0.5, 0.6) is 5.75 Å². The van der Waals surface area contributed by atoms with Crippen molar-refractivity contribution in [3.63, 3.8) is 0 Å². The molecule has 0 bridgehead atoms. The van der Waals surface area contributed by atoms with Crippen LogP contribution in [0.3, 0.4) is 0 Å². The van der Waals surface area contributed by atoms with Crippen LogP contribution in [0.15, 0.2) is 42.5 Å². The fraction of sp³-hybridized carbons (Fsp3) is 0.417. The molecule has 0 aromatic heterocycles. The summed E-state index contributed by atoms with van der Waals surface area (Å²) >= 11 is 5.16. The molecular weight excluding hydrogens is 410 g/mol. The smallest absolute Gasteiger partial charge is 0.257 e. The maximum atomic E-state index is 11.9. The maximum absolute atomic E-state index is 11.9. The number of rotatable bonds is 5. The van der Waals surface area contributed by atoms with Crippen molar-refractivity contribution >= 4 is 29.0 Å². The first-order valence-corrected chi connectivity index (χ1v) is 11.2. The molecule has 3 atom stereocenters. The molecule has 2 heterocycles. The summed E-state index contributed by atoms with van der Waals surface area (Å²) in [4.78, 5) is 13.8. The van der Waals surface area contributed by atoms with Crippen LogP contribution < -0.4 is 15.4 Å². The normalized spacial score (nSPS) is 21.7. The van der Waals surface area contributed by atoms with E-state index in [9.17, 15) is 9.90 Å². The van der Waals surface area contributed by atoms with Crippen molar-refractivity contribution in [1.82, 2.24) is 10.2 Å². The molecule has 2 aliphatic rings. The number of amides is 1. The summed E-state index contributed by atoms with van der Waals surface area (Å²) in [6.07, 6.45) is 3.13. The van der Waals surface area contributed by atoms with Gasteiger partial charge in [-0.15, -0.1) is 0 Å². The van der Waals surface area contributed by atoms with E-state index < -0.39 is 0 Å². The number of likely N-dealkylation sites (tertiary alicyclic amines) is 1. The lowest BCUT2D eigenvalue weighted by Crippen LogP contribution is -2.50. The summed E-state index contributed by atoms with van der Waals surface area (Å²) in [5, 5.41) is 16.9. The Morgan fingerprint density at radius 1 is 1.29 bits per heavy atom. The monoisotopic (exact) mass is 439 g/mol. The van der Waals surface area contributed by atoms with Gasteiger partial charge in [0, 0.05) is 36.3 Å². The summed E-state index contributed by atoms with van der Waals surface area (Å²) in [6, 6.07) is 14.2. The molecule has 2 aromatic rings. The summed E-state index contributed by atoms with van der Waals surface area (Å²) in [6.45, 7) is 2.84. The van der Waals surface area contributed by atoms with Crippen LogP contribution in [0.4, 0.5) is 5.69 Å². The minimum Gasteiger partial charge on any atom is -0.496 e. The number of hydrogen-bond acceptors (Lipinski definition) is 4. The quantitative estimate of drug-likeness (QED) is 0.604. The fourth-order valence-corrected chi connectivity index (χ4v) is 5.00. The van der Waals surface area contributed by atoms with E-state index in [4.69, 9.17) is 17.0 Å². The standard InChI is InChI=1S/C24H29N3O3S/c1-15(18-14-20-17(13-21(18)30-2)10-11-22(28)26-20)25-19-9-6-12-27(24(29)31)23(19)16-7-4-3-5-8-16/h3-5,7-8,13-15,19,23,25H,6,9-12H2,1-2H3,(H,26,28)(H,29,31)/t15?,19-,23-/m0/s1. The van der Waals surface area contributed by atoms with Crippen LogP contribution in [0.2, 0.25) is 0 Å². The molecule has 4 rings (SSSR count). The number of aliphatic hydroxyl groups is 1. The summed E-state index contributed by atoms with van der Waals surface area (Å²) in [5.41, 5.74) is 4.08. The Kier molecular flexibility index (Phi) is 6.43. The van der Waals surface area contributed by atoms with Crippen LogP contribution in [0, 0.1) is 0 Å². The molecule has 1 fully saturated rings. The number of nitrogens with one attached hydrogen (secondary N) is 2. The van der Waals surface area contributed by atoms with E-state index in [0.717, 1.165) is 53.9 Å². The largest absolute Gasteiger partial charge is 0.496 e. The van der Waals surface area contributed by atoms with Crippen molar-refractivity contribution in [1.29, 1.82) is 0 Å². The minimum absolute atomic E-state index is 0.0255. The molecule has 0 radical (unpaired) electrons. The maximum Gasteiger partial charge on any atom is 0.257 e. The molecule has 164 valence electrons. The first kappa shape index (κ1) is 21.6. The van der Waals surface area contributed by atoms with Gasteiger partial charge in [-0.1, -0.05) is 30.3 Å². The van der Waals surface area contributed by atoms with Gasteiger partial charge >= 0.3 is 0 Å². The Hall–Kier alpha value is -2.64. The molecule has 31 heavy (non-hydrogen) atoms. The van der Waals surface area contributed by atoms with Crippen molar-refractivity contribution in [3.8, 4) is 5.75 Å². The zero-order valence-electron chi connectivity index (χ0n) is 17.9. The lowest BCUT2D eigenvalue weighted by molar-refractivity contribution is -0.116. The molecule has 6 nitrogen and oxygen atoms in total. The number of thiocarbonyl (C=S) groups is 1. The van der Waals surface area contributed by atoms with Gasteiger partial charge in [0.25, 0.3) is 5.17 Å². The Morgan fingerprint density at radius 3 is 2.77 bits per heavy atom. The molecule has 7 heteroatoms. The van der Waals surface area contributed by atoms with E-state index in [1.165, 1.54) is 0 Å². The van der Waals surface area contributed by atoms with Crippen LogP contribution in [-0.4, -0.2) is 40.8 Å². The van der Waals surface area contributed by atoms with E-state index in [1.807, 2.05) is 35.2 Å². The van der Waals surface area contributed by atoms with Crippen molar-refractivity contribution in [2.45, 2.75) is 50.7 Å². The number of ether oxygens (including phenoxy) is 1. The second-order valence-corrected chi connectivity index (χ2v) is 8.63. The molecule has 2 aromatic carbocycles. The topological polar surface area (TPSA) is 73.8 Å². The molecule has 2 aliphatic heterocycles. The molecule has 1 unspecified atom stereocenters. The highest BCUT2D eigenvalue weighted by molar-refractivity contribution is 7.79. The SMILES string of the molecule is COc1cc2c(cc1C(C)N[C@H]1CCCN(C(O)=S)[C@H]1c1ccccc1)NC(=O)CC2. The van der Waals surface area contributed by atoms with E-state index in [-0.39, 0.29) is 29.2 Å². The zero-order valence-corrected chi connectivity index (χ0v) is 18.7. The van der Waals surface area contributed by atoms with Crippen molar-refractivity contribution in [2.75, 3.05) is 19.0 Å². The van der Waals surface area contributed by atoms with Gasteiger partial charge in [0.1, 0.15) is 5.75 Å². The Labute approximate surface area is 188 Å². The highest BCUT2D eigenvalue weighted by Gasteiger charge is 2.35. The van der Waals surface area contributed by atoms with Gasteiger partial charge in [-0.05, 0) is 61.7 Å². The van der Waals surface area contributed by atoms with Gasteiger partial charge in [-0.3, -0.25) is 4.79 Å². The number of anilines is 1. The molecule has 3 N–H and O–H groups in total. The van der Waals surface area contributed by atoms with Gasteiger partial charge in [-0.2, -0.15) is 0 Å². The number of hydrogen-bond donors (Lipinski definition) is 3. The zero-order chi connectivity index (χ0) is 22.0. The number of carbonyl (C=O) groups excluding carboxylic acids is 1. The second-order valence-electron chi connectivity index (χ2n) is 8.27. The van der Waals surface area contributed by atoms with Crippen molar-refractivity contribution in [2.24, 2.45) is 0 Å². The Balaban J connectivity index is 1.63. The Morgan fingerprint density at radius 2 is 2.06 bits per heavy atom. The number of piperidine rings is 1. The first-order chi connectivity index (χ1) is 15.0. The number of methoxy groups -OCH3 is 1. The summed E-state index contributed by atoms with van der Waals surface area (Å²) in [5.74, 6) is 0.865. The average molecular weight is 440 g/mol. The highest BCUT2D eigenvalue weighted by Crippen LogP contribution is 2.37. The number of fused-ring (bicyclic) bond motifs is 1. The number of carbonyl (C=O) groups is 1. The van der Waals surface area contributed by atoms with E-state index in [2.05, 4.69) is 29.7 Å². The van der Waals surface area contributed by atoms with E-state index in [0.29, 0.717) is 6.42 Å². The Bertz CT molecular complexity index is 966. The average Bonchev–Trinajstić information content (AvgIpc) is 2.78. The van der Waals surface area contributed by atoms with Gasteiger partial charge in [-0.25, -0.2) is 0 Å². The third kappa shape index (κ3) is 4.52. The summed E-state index contributed by atoms with van der Waals surface area (Å²) < 4.78 is 5.70. The number of aliphatic hydroxyl groups excluding tert-OH is 1. The number of aryl methyl sites for hydroxylation is 1. The molecule has 1 amide bonds. The predicted molar refractivity (Wildman–Crippen MR) is 126 cm³/mol. The van der Waals surface area contributed by atoms with Gasteiger partial charge in [0.05, 0.1) is 13.2 Å². The van der Waals surface area contributed by atoms with Crippen molar-refractivity contribution in [3.05, 3.63) is 59.2 Å². The minimum atomic E-state index is -0.0675. The lowest BCUT2D eigenvalue weighted by atomic mass is 9.89. The second kappa shape index (κ2) is 9.24. The van der Waals surface area contributed by atoms with Gasteiger partial charge < -0.3 is 25.4 Å².